The third-order valence-electron chi connectivity index (χ3n) is 2.03. The zero-order valence-corrected chi connectivity index (χ0v) is 8.05. The summed E-state index contributed by atoms with van der Waals surface area (Å²) in [6, 6.07) is -0.0330. The van der Waals surface area contributed by atoms with E-state index in [9.17, 15) is 4.79 Å². The van der Waals surface area contributed by atoms with E-state index in [1.807, 2.05) is 0 Å². The van der Waals surface area contributed by atoms with Gasteiger partial charge < -0.3 is 9.47 Å². The molecule has 0 radical (unpaired) electrons. The third kappa shape index (κ3) is 3.64. The minimum Gasteiger partial charge on any atom is -0.463 e. The van der Waals surface area contributed by atoms with Crippen LogP contribution in [0.15, 0.2) is 5.11 Å². The Hall–Kier alpha value is -1.26. The second-order valence-corrected chi connectivity index (χ2v) is 3.18. The van der Waals surface area contributed by atoms with Crippen LogP contribution in [-0.2, 0) is 14.3 Å². The van der Waals surface area contributed by atoms with E-state index in [1.54, 1.807) is 0 Å². The second-order valence-electron chi connectivity index (χ2n) is 3.18. The number of hydrogen-bond donors (Lipinski definition) is 0. The lowest BCUT2D eigenvalue weighted by Crippen LogP contribution is -2.31. The molecular formula is C8H13N3O3. The molecule has 1 rings (SSSR count). The first kappa shape index (κ1) is 10.8. The van der Waals surface area contributed by atoms with E-state index in [4.69, 9.17) is 15.0 Å². The summed E-state index contributed by atoms with van der Waals surface area (Å²) in [5, 5.41) is 3.62. The van der Waals surface area contributed by atoms with Gasteiger partial charge >= 0.3 is 5.97 Å². The minimum absolute atomic E-state index is 0.0330. The van der Waals surface area contributed by atoms with Crippen molar-refractivity contribution in [3.05, 3.63) is 10.4 Å². The van der Waals surface area contributed by atoms with Gasteiger partial charge in [0.15, 0.2) is 0 Å². The number of carbonyl (C=O) groups excluding carboxylic acids is 1. The second kappa shape index (κ2) is 5.47. The van der Waals surface area contributed by atoms with Crippen molar-refractivity contribution in [2.75, 3.05) is 13.2 Å². The fraction of sp³-hybridized carbons (Fsp3) is 0.875. The van der Waals surface area contributed by atoms with Crippen LogP contribution in [0.5, 0.6) is 0 Å². The molecule has 1 heterocycles. The number of rotatable bonds is 3. The van der Waals surface area contributed by atoms with Crippen molar-refractivity contribution >= 4 is 5.97 Å². The molecule has 6 nitrogen and oxygen atoms in total. The van der Waals surface area contributed by atoms with Crippen LogP contribution in [0.3, 0.4) is 0 Å². The highest BCUT2D eigenvalue weighted by Crippen LogP contribution is 2.17. The topological polar surface area (TPSA) is 84.3 Å². The van der Waals surface area contributed by atoms with Gasteiger partial charge in [-0.05, 0) is 18.4 Å². The van der Waals surface area contributed by atoms with E-state index in [1.165, 1.54) is 6.92 Å². The summed E-state index contributed by atoms with van der Waals surface area (Å²) in [6.07, 6.45) is 1.22. The largest absolute Gasteiger partial charge is 0.463 e. The number of carbonyl (C=O) groups is 1. The monoisotopic (exact) mass is 199 g/mol. The van der Waals surface area contributed by atoms with Crippen LogP contribution in [0.1, 0.15) is 19.8 Å². The quantitative estimate of drug-likeness (QED) is 0.298. The summed E-state index contributed by atoms with van der Waals surface area (Å²) >= 11 is 0. The SMILES string of the molecule is CC(=O)OC[C@H]1C[C@@H](N=[N+]=[N-])CCO1. The van der Waals surface area contributed by atoms with Gasteiger partial charge in [-0.15, -0.1) is 0 Å². The average Bonchev–Trinajstić information content (AvgIpc) is 2.16. The molecule has 0 aromatic rings. The molecule has 1 fully saturated rings. The summed E-state index contributed by atoms with van der Waals surface area (Å²) < 4.78 is 10.2. The van der Waals surface area contributed by atoms with E-state index in [-0.39, 0.29) is 24.7 Å². The van der Waals surface area contributed by atoms with Crippen LogP contribution in [-0.4, -0.2) is 31.3 Å². The summed E-state index contributed by atoms with van der Waals surface area (Å²) in [5.74, 6) is -0.320. The molecular weight excluding hydrogens is 186 g/mol. The minimum atomic E-state index is -0.320. The Morgan fingerprint density at radius 3 is 3.21 bits per heavy atom. The van der Waals surface area contributed by atoms with Crippen molar-refractivity contribution in [3.63, 3.8) is 0 Å². The molecule has 6 heteroatoms. The zero-order chi connectivity index (χ0) is 10.4. The average molecular weight is 199 g/mol. The Morgan fingerprint density at radius 1 is 1.79 bits per heavy atom. The maximum absolute atomic E-state index is 10.5. The third-order valence-corrected chi connectivity index (χ3v) is 2.03. The van der Waals surface area contributed by atoms with Crippen molar-refractivity contribution in [1.29, 1.82) is 0 Å². The lowest BCUT2D eigenvalue weighted by Gasteiger charge is -2.26. The zero-order valence-electron chi connectivity index (χ0n) is 8.05. The first-order valence-corrected chi connectivity index (χ1v) is 4.51. The van der Waals surface area contributed by atoms with Gasteiger partial charge in [-0.1, -0.05) is 5.11 Å². The van der Waals surface area contributed by atoms with Gasteiger partial charge in [0, 0.05) is 24.5 Å². The van der Waals surface area contributed by atoms with Crippen LogP contribution >= 0.6 is 0 Å². The molecule has 0 bridgehead atoms. The first-order valence-electron chi connectivity index (χ1n) is 4.51. The summed E-state index contributed by atoms with van der Waals surface area (Å²) in [5.41, 5.74) is 8.26. The molecule has 1 saturated heterocycles. The summed E-state index contributed by atoms with van der Waals surface area (Å²) in [7, 11) is 0. The molecule has 1 aliphatic heterocycles. The van der Waals surface area contributed by atoms with Gasteiger partial charge in [0.05, 0.1) is 6.10 Å². The number of hydrogen-bond acceptors (Lipinski definition) is 4. The first-order chi connectivity index (χ1) is 6.72. The molecule has 0 aromatic heterocycles. The van der Waals surface area contributed by atoms with Gasteiger partial charge in [0.25, 0.3) is 0 Å². The molecule has 78 valence electrons. The Kier molecular flexibility index (Phi) is 4.22. The lowest BCUT2D eigenvalue weighted by atomic mass is 10.1. The van der Waals surface area contributed by atoms with Crippen molar-refractivity contribution in [2.24, 2.45) is 5.11 Å². The highest BCUT2D eigenvalue weighted by atomic mass is 16.6. The van der Waals surface area contributed by atoms with Crippen molar-refractivity contribution < 1.29 is 14.3 Å². The van der Waals surface area contributed by atoms with Crippen LogP contribution in [0.2, 0.25) is 0 Å². The Labute approximate surface area is 81.8 Å². The normalized spacial score (nSPS) is 26.4. The number of esters is 1. The van der Waals surface area contributed by atoms with Gasteiger partial charge in [0.1, 0.15) is 6.61 Å². The lowest BCUT2D eigenvalue weighted by molar-refractivity contribution is -0.146. The van der Waals surface area contributed by atoms with E-state index < -0.39 is 0 Å². The van der Waals surface area contributed by atoms with Gasteiger partial charge in [-0.3, -0.25) is 4.79 Å². The van der Waals surface area contributed by atoms with Crippen LogP contribution in [0.4, 0.5) is 0 Å². The van der Waals surface area contributed by atoms with Crippen LogP contribution in [0.25, 0.3) is 10.4 Å². The van der Waals surface area contributed by atoms with E-state index in [0.717, 1.165) is 6.42 Å². The van der Waals surface area contributed by atoms with Crippen molar-refractivity contribution in [3.8, 4) is 0 Å². The van der Waals surface area contributed by atoms with Gasteiger partial charge in [0.2, 0.25) is 0 Å². The number of nitrogens with zero attached hydrogens (tertiary/aromatic N) is 3. The molecule has 0 amide bonds. The predicted molar refractivity (Wildman–Crippen MR) is 48.5 cm³/mol. The molecule has 2 atom stereocenters. The molecule has 0 aromatic carbocycles. The molecule has 0 unspecified atom stereocenters. The maximum atomic E-state index is 10.5. The smallest absolute Gasteiger partial charge is 0.302 e. The highest BCUT2D eigenvalue weighted by Gasteiger charge is 2.22. The highest BCUT2D eigenvalue weighted by molar-refractivity contribution is 5.65. The summed E-state index contributed by atoms with van der Waals surface area (Å²) in [4.78, 5) is 13.3. The fourth-order valence-electron chi connectivity index (χ4n) is 1.36. The standard InChI is InChI=1S/C8H13N3O3/c1-6(12)14-5-8-4-7(10-11-9)2-3-13-8/h7-8H,2-5H2,1H3/t7-,8+/m0/s1. The van der Waals surface area contributed by atoms with E-state index in [2.05, 4.69) is 10.0 Å². The van der Waals surface area contributed by atoms with Gasteiger partial charge in [-0.25, -0.2) is 0 Å². The maximum Gasteiger partial charge on any atom is 0.302 e. The Bertz CT molecular complexity index is 250. The fourth-order valence-corrected chi connectivity index (χ4v) is 1.36. The number of azide groups is 1. The molecule has 0 spiro atoms. The van der Waals surface area contributed by atoms with E-state index >= 15 is 0 Å². The van der Waals surface area contributed by atoms with Crippen molar-refractivity contribution in [1.82, 2.24) is 0 Å². The molecule has 1 aliphatic rings. The molecule has 0 saturated carbocycles. The van der Waals surface area contributed by atoms with Gasteiger partial charge in [-0.2, -0.15) is 0 Å². The number of ether oxygens (including phenoxy) is 2. The molecule has 0 aliphatic carbocycles. The van der Waals surface area contributed by atoms with Crippen molar-refractivity contribution in [2.45, 2.75) is 31.9 Å². The molecule has 14 heavy (non-hydrogen) atoms. The van der Waals surface area contributed by atoms with E-state index in [0.29, 0.717) is 13.0 Å². The summed E-state index contributed by atoms with van der Waals surface area (Å²) in [6.45, 7) is 2.15. The Morgan fingerprint density at radius 2 is 2.57 bits per heavy atom. The Balaban J connectivity index is 2.32. The van der Waals surface area contributed by atoms with Crippen LogP contribution in [0, 0.1) is 0 Å². The molecule has 0 N–H and O–H groups in total. The van der Waals surface area contributed by atoms with Crippen LogP contribution < -0.4 is 0 Å². The predicted octanol–water partition coefficient (Wildman–Crippen LogP) is 1.41.